The zero-order valence-electron chi connectivity index (χ0n) is 12.3. The molecule has 0 bridgehead atoms. The molecular formula is C16H23FN2O. The van der Waals surface area contributed by atoms with E-state index in [1.807, 2.05) is 11.8 Å². The Morgan fingerprint density at radius 1 is 1.40 bits per heavy atom. The summed E-state index contributed by atoms with van der Waals surface area (Å²) in [6, 6.07) is 5.26. The van der Waals surface area contributed by atoms with Gasteiger partial charge in [-0.3, -0.25) is 4.79 Å². The summed E-state index contributed by atoms with van der Waals surface area (Å²) < 4.78 is 14.2. The van der Waals surface area contributed by atoms with Crippen LogP contribution in [0.5, 0.6) is 0 Å². The fraction of sp³-hybridized carbons (Fsp3) is 0.562. The Hall–Kier alpha value is -1.42. The molecule has 1 aliphatic rings. The van der Waals surface area contributed by atoms with Gasteiger partial charge in [0.05, 0.1) is 5.56 Å². The lowest BCUT2D eigenvalue weighted by atomic mass is 10.0. The Kier molecular flexibility index (Phi) is 5.12. The van der Waals surface area contributed by atoms with Crippen LogP contribution < -0.4 is 5.32 Å². The highest BCUT2D eigenvalue weighted by Gasteiger charge is 2.27. The second-order valence-corrected chi connectivity index (χ2v) is 5.42. The molecule has 1 amide bonds. The summed E-state index contributed by atoms with van der Waals surface area (Å²) in [6.45, 7) is 6.29. The second kappa shape index (κ2) is 6.84. The van der Waals surface area contributed by atoms with Gasteiger partial charge >= 0.3 is 0 Å². The lowest BCUT2D eigenvalue weighted by Crippen LogP contribution is -2.46. The zero-order valence-corrected chi connectivity index (χ0v) is 12.3. The Balaban J connectivity index is 2.23. The molecule has 1 fully saturated rings. The molecule has 110 valence electrons. The minimum absolute atomic E-state index is 0.167. The predicted octanol–water partition coefficient (Wildman–Crippen LogP) is 2.74. The molecular weight excluding hydrogens is 255 g/mol. The van der Waals surface area contributed by atoms with Gasteiger partial charge < -0.3 is 10.2 Å². The summed E-state index contributed by atoms with van der Waals surface area (Å²) in [7, 11) is 0. The number of hydrogen-bond donors (Lipinski definition) is 1. The molecule has 0 aromatic heterocycles. The van der Waals surface area contributed by atoms with Crippen LogP contribution in [0, 0.1) is 12.7 Å². The van der Waals surface area contributed by atoms with Crippen molar-refractivity contribution >= 4 is 5.91 Å². The molecule has 1 aromatic carbocycles. The molecule has 1 heterocycles. The lowest BCUT2D eigenvalue weighted by Gasteiger charge is -2.34. The number of hydrogen-bond acceptors (Lipinski definition) is 2. The van der Waals surface area contributed by atoms with Crippen molar-refractivity contribution in [3.05, 3.63) is 35.1 Å². The Morgan fingerprint density at radius 3 is 2.75 bits per heavy atom. The SMILES string of the molecule is CCCN(C(=O)c1cccc(C)c1F)C1CCNCC1. The van der Waals surface area contributed by atoms with Gasteiger partial charge in [0.15, 0.2) is 0 Å². The average molecular weight is 278 g/mol. The second-order valence-electron chi connectivity index (χ2n) is 5.42. The van der Waals surface area contributed by atoms with Gasteiger partial charge in [-0.05, 0) is 50.9 Å². The van der Waals surface area contributed by atoms with E-state index >= 15 is 0 Å². The fourth-order valence-electron chi connectivity index (χ4n) is 2.78. The summed E-state index contributed by atoms with van der Waals surface area (Å²) in [4.78, 5) is 14.5. The summed E-state index contributed by atoms with van der Waals surface area (Å²) in [5.74, 6) is -0.549. The number of nitrogens with zero attached hydrogens (tertiary/aromatic N) is 1. The fourth-order valence-corrected chi connectivity index (χ4v) is 2.78. The number of aryl methyl sites for hydroxylation is 1. The first-order valence-corrected chi connectivity index (χ1v) is 7.42. The third-order valence-corrected chi connectivity index (χ3v) is 3.90. The molecule has 4 heteroatoms. The smallest absolute Gasteiger partial charge is 0.257 e. The number of carbonyl (C=O) groups excluding carboxylic acids is 1. The maximum atomic E-state index is 14.2. The average Bonchev–Trinajstić information content (AvgIpc) is 2.48. The Bertz CT molecular complexity index is 470. The Morgan fingerprint density at radius 2 is 2.10 bits per heavy atom. The van der Waals surface area contributed by atoms with E-state index in [2.05, 4.69) is 5.32 Å². The number of halogens is 1. The van der Waals surface area contributed by atoms with Gasteiger partial charge in [0.25, 0.3) is 5.91 Å². The number of benzene rings is 1. The summed E-state index contributed by atoms with van der Waals surface area (Å²) in [5.41, 5.74) is 0.731. The predicted molar refractivity (Wildman–Crippen MR) is 78.4 cm³/mol. The van der Waals surface area contributed by atoms with Gasteiger partial charge in [0, 0.05) is 12.6 Å². The van der Waals surface area contributed by atoms with Gasteiger partial charge in [0.2, 0.25) is 0 Å². The molecule has 1 saturated heterocycles. The summed E-state index contributed by atoms with van der Waals surface area (Å²) in [5, 5.41) is 3.30. The summed E-state index contributed by atoms with van der Waals surface area (Å²) >= 11 is 0. The first-order chi connectivity index (χ1) is 9.65. The highest BCUT2D eigenvalue weighted by Crippen LogP contribution is 2.19. The summed E-state index contributed by atoms with van der Waals surface area (Å²) in [6.07, 6.45) is 2.78. The van der Waals surface area contributed by atoms with E-state index < -0.39 is 0 Å². The molecule has 20 heavy (non-hydrogen) atoms. The number of amides is 1. The van der Waals surface area contributed by atoms with Crippen molar-refractivity contribution in [2.45, 2.75) is 39.2 Å². The van der Waals surface area contributed by atoms with Crippen LogP contribution in [-0.4, -0.2) is 36.5 Å². The lowest BCUT2D eigenvalue weighted by molar-refractivity contribution is 0.0637. The standard InChI is InChI=1S/C16H23FN2O/c1-3-11-19(13-7-9-18-10-8-13)16(20)14-6-4-5-12(2)15(14)17/h4-6,13,18H,3,7-11H2,1-2H3. The molecule has 0 radical (unpaired) electrons. The minimum Gasteiger partial charge on any atom is -0.335 e. The molecule has 0 aliphatic carbocycles. The quantitative estimate of drug-likeness (QED) is 0.918. The van der Waals surface area contributed by atoms with Crippen LogP contribution in [0.3, 0.4) is 0 Å². The van der Waals surface area contributed by atoms with Crippen LogP contribution in [0.15, 0.2) is 18.2 Å². The topological polar surface area (TPSA) is 32.3 Å². The van der Waals surface area contributed by atoms with Crippen LogP contribution in [0.25, 0.3) is 0 Å². The van der Waals surface area contributed by atoms with Gasteiger partial charge in [-0.15, -0.1) is 0 Å². The van der Waals surface area contributed by atoms with Crippen LogP contribution >= 0.6 is 0 Å². The largest absolute Gasteiger partial charge is 0.335 e. The third-order valence-electron chi connectivity index (χ3n) is 3.90. The van der Waals surface area contributed by atoms with Gasteiger partial charge in [-0.25, -0.2) is 4.39 Å². The van der Waals surface area contributed by atoms with E-state index in [0.29, 0.717) is 12.1 Å². The van der Waals surface area contributed by atoms with E-state index in [1.54, 1.807) is 25.1 Å². The van der Waals surface area contributed by atoms with E-state index in [1.165, 1.54) is 0 Å². The van der Waals surface area contributed by atoms with Crippen molar-refractivity contribution in [2.75, 3.05) is 19.6 Å². The molecule has 0 spiro atoms. The van der Waals surface area contributed by atoms with E-state index in [-0.39, 0.29) is 23.3 Å². The van der Waals surface area contributed by atoms with Crippen LogP contribution in [-0.2, 0) is 0 Å². The van der Waals surface area contributed by atoms with Crippen LogP contribution in [0.4, 0.5) is 4.39 Å². The molecule has 0 atom stereocenters. The molecule has 1 aromatic rings. The van der Waals surface area contributed by atoms with E-state index in [4.69, 9.17) is 0 Å². The monoisotopic (exact) mass is 278 g/mol. The van der Waals surface area contributed by atoms with Crippen molar-refractivity contribution in [1.82, 2.24) is 10.2 Å². The molecule has 1 N–H and O–H groups in total. The molecule has 0 unspecified atom stereocenters. The number of nitrogens with one attached hydrogen (secondary N) is 1. The minimum atomic E-state index is -0.382. The van der Waals surface area contributed by atoms with Crippen molar-refractivity contribution in [1.29, 1.82) is 0 Å². The molecule has 0 saturated carbocycles. The third kappa shape index (κ3) is 3.18. The van der Waals surface area contributed by atoms with Crippen LogP contribution in [0.1, 0.15) is 42.1 Å². The number of carbonyl (C=O) groups is 1. The molecule has 1 aliphatic heterocycles. The van der Waals surface area contributed by atoms with Gasteiger partial charge in [-0.1, -0.05) is 19.1 Å². The number of piperidine rings is 1. The molecule has 3 nitrogen and oxygen atoms in total. The first kappa shape index (κ1) is 15.0. The maximum absolute atomic E-state index is 14.2. The molecule has 2 rings (SSSR count). The zero-order chi connectivity index (χ0) is 14.5. The highest BCUT2D eigenvalue weighted by molar-refractivity contribution is 5.95. The van der Waals surface area contributed by atoms with Crippen molar-refractivity contribution in [2.24, 2.45) is 0 Å². The first-order valence-electron chi connectivity index (χ1n) is 7.42. The normalized spacial score (nSPS) is 16.1. The highest BCUT2D eigenvalue weighted by atomic mass is 19.1. The van der Waals surface area contributed by atoms with E-state index in [9.17, 15) is 9.18 Å². The van der Waals surface area contributed by atoms with Crippen molar-refractivity contribution in [3.8, 4) is 0 Å². The Labute approximate surface area is 120 Å². The van der Waals surface area contributed by atoms with E-state index in [0.717, 1.165) is 32.4 Å². The van der Waals surface area contributed by atoms with Crippen molar-refractivity contribution in [3.63, 3.8) is 0 Å². The van der Waals surface area contributed by atoms with Crippen LogP contribution in [0.2, 0.25) is 0 Å². The van der Waals surface area contributed by atoms with Crippen molar-refractivity contribution < 1.29 is 9.18 Å². The van der Waals surface area contributed by atoms with Gasteiger partial charge in [0.1, 0.15) is 5.82 Å². The maximum Gasteiger partial charge on any atom is 0.257 e. The van der Waals surface area contributed by atoms with Gasteiger partial charge in [-0.2, -0.15) is 0 Å². The number of rotatable bonds is 4.